The second-order valence-electron chi connectivity index (χ2n) is 2.23. The minimum absolute atomic E-state index is 0.302. The number of esters is 1. The van der Waals surface area contributed by atoms with E-state index in [-0.39, 0.29) is 5.97 Å². The Morgan fingerprint density at radius 2 is 2.64 bits per heavy atom. The molecule has 0 unspecified atom stereocenters. The van der Waals surface area contributed by atoms with E-state index in [2.05, 4.69) is 4.99 Å². The number of carbonyl (C=O) groups is 1. The fraction of sp³-hybridized carbons (Fsp3) is 0.714. The van der Waals surface area contributed by atoms with E-state index in [0.717, 1.165) is 0 Å². The molecule has 4 heteroatoms. The van der Waals surface area contributed by atoms with Crippen LogP contribution in [0, 0.1) is 0 Å². The zero-order valence-corrected chi connectivity index (χ0v) is 6.66. The monoisotopic (exact) mass is 157 g/mol. The third-order valence-electron chi connectivity index (χ3n) is 1.35. The Balaban J connectivity index is 2.43. The lowest BCUT2D eigenvalue weighted by molar-refractivity contribution is -0.144. The van der Waals surface area contributed by atoms with Crippen molar-refractivity contribution >= 4 is 11.9 Å². The summed E-state index contributed by atoms with van der Waals surface area (Å²) in [5.74, 6) is 0.257. The molecule has 0 aromatic rings. The highest BCUT2D eigenvalue weighted by Gasteiger charge is 2.24. The van der Waals surface area contributed by atoms with Gasteiger partial charge in [0.25, 0.3) is 0 Å². The molecule has 0 bridgehead atoms. The van der Waals surface area contributed by atoms with Crippen molar-refractivity contribution in [2.75, 3.05) is 13.2 Å². The quantitative estimate of drug-likeness (QED) is 0.544. The second-order valence-corrected chi connectivity index (χ2v) is 2.23. The first kappa shape index (κ1) is 8.04. The van der Waals surface area contributed by atoms with E-state index in [4.69, 9.17) is 9.47 Å². The first-order valence-corrected chi connectivity index (χ1v) is 3.58. The Bertz CT molecular complexity index is 188. The van der Waals surface area contributed by atoms with Gasteiger partial charge in [-0.25, -0.2) is 9.79 Å². The van der Waals surface area contributed by atoms with Crippen LogP contribution in [0.3, 0.4) is 0 Å². The zero-order valence-electron chi connectivity index (χ0n) is 6.66. The average Bonchev–Trinajstić information content (AvgIpc) is 2.36. The highest BCUT2D eigenvalue weighted by Crippen LogP contribution is 2.05. The first-order valence-electron chi connectivity index (χ1n) is 3.58. The van der Waals surface area contributed by atoms with Crippen LogP contribution in [0.2, 0.25) is 0 Å². The maximum Gasteiger partial charge on any atom is 0.334 e. The van der Waals surface area contributed by atoms with Crippen molar-refractivity contribution in [2.24, 2.45) is 4.99 Å². The van der Waals surface area contributed by atoms with Crippen LogP contribution in [0.15, 0.2) is 4.99 Å². The molecule has 11 heavy (non-hydrogen) atoms. The molecule has 4 nitrogen and oxygen atoms in total. The zero-order chi connectivity index (χ0) is 8.27. The maximum absolute atomic E-state index is 11.0. The van der Waals surface area contributed by atoms with Gasteiger partial charge in [-0.05, 0) is 6.92 Å². The fourth-order valence-corrected chi connectivity index (χ4v) is 0.853. The highest BCUT2D eigenvalue weighted by molar-refractivity contribution is 5.84. The van der Waals surface area contributed by atoms with Crippen LogP contribution < -0.4 is 0 Å². The largest absolute Gasteiger partial charge is 0.478 e. The molecule has 0 amide bonds. The second kappa shape index (κ2) is 3.37. The summed E-state index contributed by atoms with van der Waals surface area (Å²) in [6.45, 7) is 4.21. The molecule has 1 rings (SSSR count). The highest BCUT2D eigenvalue weighted by atomic mass is 16.5. The molecule has 1 aliphatic heterocycles. The van der Waals surface area contributed by atoms with Gasteiger partial charge >= 0.3 is 5.97 Å². The lowest BCUT2D eigenvalue weighted by Crippen LogP contribution is -2.22. The summed E-state index contributed by atoms with van der Waals surface area (Å²) in [5, 5.41) is 0. The van der Waals surface area contributed by atoms with Crippen molar-refractivity contribution in [2.45, 2.75) is 19.9 Å². The summed E-state index contributed by atoms with van der Waals surface area (Å²) < 4.78 is 9.73. The van der Waals surface area contributed by atoms with E-state index in [1.54, 1.807) is 13.8 Å². The van der Waals surface area contributed by atoms with Crippen molar-refractivity contribution < 1.29 is 14.3 Å². The number of hydrogen-bond donors (Lipinski definition) is 0. The fourth-order valence-electron chi connectivity index (χ4n) is 0.853. The summed E-state index contributed by atoms with van der Waals surface area (Å²) in [4.78, 5) is 14.9. The van der Waals surface area contributed by atoms with Crippen LogP contribution in [0.25, 0.3) is 0 Å². The molecule has 0 aromatic heterocycles. The van der Waals surface area contributed by atoms with Gasteiger partial charge in [-0.1, -0.05) is 0 Å². The average molecular weight is 157 g/mol. The van der Waals surface area contributed by atoms with Gasteiger partial charge in [0.1, 0.15) is 6.61 Å². The number of carbonyl (C=O) groups excluding carboxylic acids is 1. The molecule has 0 aliphatic carbocycles. The van der Waals surface area contributed by atoms with Gasteiger partial charge in [-0.3, -0.25) is 0 Å². The molecule has 0 spiro atoms. The summed E-state index contributed by atoms with van der Waals surface area (Å²) >= 11 is 0. The van der Waals surface area contributed by atoms with Crippen LogP contribution in [-0.2, 0) is 14.3 Å². The van der Waals surface area contributed by atoms with E-state index in [0.29, 0.717) is 19.1 Å². The van der Waals surface area contributed by atoms with E-state index < -0.39 is 6.04 Å². The van der Waals surface area contributed by atoms with Gasteiger partial charge in [-0.15, -0.1) is 0 Å². The van der Waals surface area contributed by atoms with Crippen LogP contribution in [0.5, 0.6) is 0 Å². The standard InChI is InChI=1S/C7H11NO3/c1-3-10-7(9)6-4-11-5(2)8-6/h6H,3-4H2,1-2H3/t6-/m0/s1. The Hall–Kier alpha value is -1.06. The van der Waals surface area contributed by atoms with Gasteiger partial charge in [0.15, 0.2) is 11.9 Å². The Labute approximate surface area is 65.2 Å². The van der Waals surface area contributed by atoms with Crippen molar-refractivity contribution in [1.29, 1.82) is 0 Å². The van der Waals surface area contributed by atoms with E-state index in [1.165, 1.54) is 0 Å². The van der Waals surface area contributed by atoms with Crippen molar-refractivity contribution in [1.82, 2.24) is 0 Å². The summed E-state index contributed by atoms with van der Waals surface area (Å²) in [5.41, 5.74) is 0. The predicted molar refractivity (Wildman–Crippen MR) is 39.5 cm³/mol. The topological polar surface area (TPSA) is 47.9 Å². The summed E-state index contributed by atoms with van der Waals surface area (Å²) in [7, 11) is 0. The van der Waals surface area contributed by atoms with Gasteiger partial charge in [0, 0.05) is 6.92 Å². The first-order chi connectivity index (χ1) is 5.24. The lowest BCUT2D eigenvalue weighted by atomic mass is 10.3. The molecule has 1 aliphatic rings. The molecule has 1 heterocycles. The van der Waals surface area contributed by atoms with Gasteiger partial charge in [0.05, 0.1) is 6.61 Å². The third-order valence-corrected chi connectivity index (χ3v) is 1.35. The molecule has 0 N–H and O–H groups in total. The normalized spacial score (nSPS) is 22.4. The number of ether oxygens (including phenoxy) is 2. The molecule has 0 radical (unpaired) electrons. The molecule has 0 saturated heterocycles. The van der Waals surface area contributed by atoms with E-state index >= 15 is 0 Å². The number of aliphatic imine (C=N–C) groups is 1. The minimum Gasteiger partial charge on any atom is -0.478 e. The molecule has 0 fully saturated rings. The lowest BCUT2D eigenvalue weighted by Gasteiger charge is -2.02. The Morgan fingerprint density at radius 3 is 3.09 bits per heavy atom. The number of hydrogen-bond acceptors (Lipinski definition) is 4. The Kier molecular flexibility index (Phi) is 2.46. The van der Waals surface area contributed by atoms with E-state index in [1.807, 2.05) is 0 Å². The maximum atomic E-state index is 11.0. The van der Waals surface area contributed by atoms with Gasteiger partial charge < -0.3 is 9.47 Å². The summed E-state index contributed by atoms with van der Waals surface area (Å²) in [6, 6.07) is -0.435. The molecule has 62 valence electrons. The van der Waals surface area contributed by atoms with Crippen LogP contribution in [0.4, 0.5) is 0 Å². The van der Waals surface area contributed by atoms with Crippen molar-refractivity contribution in [3.63, 3.8) is 0 Å². The molecular weight excluding hydrogens is 146 g/mol. The van der Waals surface area contributed by atoms with Crippen LogP contribution >= 0.6 is 0 Å². The van der Waals surface area contributed by atoms with Gasteiger partial charge in [-0.2, -0.15) is 0 Å². The predicted octanol–water partition coefficient (Wildman–Crippen LogP) is 0.367. The number of rotatable bonds is 2. The van der Waals surface area contributed by atoms with Crippen LogP contribution in [0.1, 0.15) is 13.8 Å². The van der Waals surface area contributed by atoms with Crippen LogP contribution in [-0.4, -0.2) is 31.1 Å². The molecule has 0 saturated carbocycles. The van der Waals surface area contributed by atoms with Gasteiger partial charge in [0.2, 0.25) is 0 Å². The van der Waals surface area contributed by atoms with Crippen molar-refractivity contribution in [3.8, 4) is 0 Å². The Morgan fingerprint density at radius 1 is 1.91 bits per heavy atom. The minimum atomic E-state index is -0.435. The van der Waals surface area contributed by atoms with Crippen molar-refractivity contribution in [3.05, 3.63) is 0 Å². The SMILES string of the molecule is CCOC(=O)[C@@H]1COC(C)=N1. The molecule has 0 aromatic carbocycles. The summed E-state index contributed by atoms with van der Waals surface area (Å²) in [6.07, 6.45) is 0. The smallest absolute Gasteiger partial charge is 0.334 e. The van der Waals surface area contributed by atoms with E-state index in [9.17, 15) is 4.79 Å². The molecular formula is C7H11NO3. The molecule has 1 atom stereocenters. The third kappa shape index (κ3) is 1.93. The number of nitrogens with zero attached hydrogens (tertiary/aromatic N) is 1.